The molecule has 0 aromatic heterocycles. The first-order valence-electron chi connectivity index (χ1n) is 32.1. The number of carboxylic acids is 6. The molecule has 5 amide bonds. The van der Waals surface area contributed by atoms with Crippen LogP contribution in [0.4, 0.5) is 4.79 Å². The lowest BCUT2D eigenvalue weighted by molar-refractivity contribution is -0.140. The van der Waals surface area contributed by atoms with E-state index in [1.807, 2.05) is 0 Å². The normalized spacial score (nSPS) is 18.5. The van der Waals surface area contributed by atoms with E-state index in [0.29, 0.717) is 103 Å². The van der Waals surface area contributed by atoms with Gasteiger partial charge in [-0.1, -0.05) is 76.0 Å². The number of azide groups is 5. The van der Waals surface area contributed by atoms with Gasteiger partial charge in [0.1, 0.15) is 42.0 Å². The van der Waals surface area contributed by atoms with Crippen LogP contribution in [0.25, 0.3) is 52.2 Å². The highest BCUT2D eigenvalue weighted by atomic mass is 16.4. The zero-order valence-corrected chi connectivity index (χ0v) is 56.1. The van der Waals surface area contributed by atoms with E-state index in [2.05, 4.69) is 73.0 Å². The number of hydrogen-bond donors (Lipinski definition) is 15. The van der Waals surface area contributed by atoms with Crippen molar-refractivity contribution in [2.75, 3.05) is 65.4 Å². The Morgan fingerprint density at radius 1 is 0.515 bits per heavy atom. The molecule has 5 rings (SSSR count). The lowest BCUT2D eigenvalue weighted by Crippen LogP contribution is -2.47. The van der Waals surface area contributed by atoms with Crippen LogP contribution in [-0.2, 0) is 60.9 Å². The average Bonchev–Trinajstić information content (AvgIpc) is 1.81. The summed E-state index contributed by atoms with van der Waals surface area (Å²) in [5.74, 6) is -6.53. The molecule has 0 radical (unpaired) electrons. The second-order valence-electron chi connectivity index (χ2n) is 23.4. The van der Waals surface area contributed by atoms with Crippen molar-refractivity contribution in [2.45, 2.75) is 183 Å². The van der Waals surface area contributed by atoms with Gasteiger partial charge in [-0.2, -0.15) is 0 Å². The van der Waals surface area contributed by atoms with Crippen molar-refractivity contribution in [2.24, 2.45) is 65.9 Å². The Bertz CT molecular complexity index is 2920. The van der Waals surface area contributed by atoms with Gasteiger partial charge in [-0.05, 0) is 109 Å². The predicted molar refractivity (Wildman–Crippen MR) is 360 cm³/mol. The molecule has 0 saturated carbocycles. The number of aliphatic carboxylic acids is 6. The van der Waals surface area contributed by atoms with Gasteiger partial charge in [-0.25, -0.2) is 4.79 Å². The van der Waals surface area contributed by atoms with Gasteiger partial charge in [-0.3, -0.25) is 47.9 Å². The number of hydrogen-bond acceptors (Lipinski definition) is 23. The molecule has 101 heavy (non-hydrogen) atoms. The Morgan fingerprint density at radius 2 is 0.960 bits per heavy atom. The van der Waals surface area contributed by atoms with Crippen LogP contribution >= 0.6 is 0 Å². The first-order chi connectivity index (χ1) is 47.9. The summed E-state index contributed by atoms with van der Waals surface area (Å²) >= 11 is 0. The van der Waals surface area contributed by atoms with E-state index >= 15 is 0 Å². The second-order valence-corrected chi connectivity index (χ2v) is 23.4. The summed E-state index contributed by atoms with van der Waals surface area (Å²) in [5.41, 5.74) is 74.7. The highest BCUT2D eigenvalue weighted by molar-refractivity contribution is 5.84. The molecule has 0 bridgehead atoms. The first-order valence-corrected chi connectivity index (χ1v) is 32.1. The van der Waals surface area contributed by atoms with E-state index in [1.165, 1.54) is 4.90 Å². The number of urea groups is 1. The van der Waals surface area contributed by atoms with Crippen LogP contribution in [0.2, 0.25) is 0 Å². The fraction of sp³-hybridized carbons (Fsp3) is 0.702. The third-order valence-corrected chi connectivity index (χ3v) is 15.4. The van der Waals surface area contributed by atoms with Crippen LogP contribution in [-0.4, -0.2) is 237 Å². The SMILES string of the molecule is CCCCC(=O)CCCCC[C@H](N)C(=O)O.[N-]=[N+]=NC1CCN(C(=O)CC[C@H](N)C(=O)O)C1.[N-]=[N+]=NC1CCN(C(=O)NC[C@H](N)C(=O)O)C1.[N-]=[N+]=NC1CNC(C(=O)NC[C@H](N)C(=O)O)C1.[N-]=[N+]=NCC1CCN(C(=O)CC[C@H](N)C(=O)O)C1.[N-]=[N+]=NCc1ccc(C[C@H](N)C(=O)O)cc1. The number of ketones is 1. The standard InChI is InChI=1S/C12H23NO3.C10H17N5O3.C10H12N4O2.C9H15N5O3.2C8H14N6O3/c1-2-3-7-10(14)8-5-4-6-9-11(13)12(15)16;11-8(10(17)18)1-2-9(16)15-4-3-7(6-15)5-13-14-12;11-9(10(15)16)5-7-1-3-8(4-2-7)6-13-14-12;10-7(9(16)17)1-2-8(15)14-4-3-6(5-14)12-13-11;9-5(8(16)17)3-12-7(15)6-1-4(2-11-6)13-14-10;9-6(7(15)16)3-11-8(17)14-2-1-5(4-14)12-13-10/h11H,2-9,13H2,1H3,(H,15,16);7-8H,1-6,11H2,(H,17,18);1-4,9H,5-6,11H2,(H,15,16);6-7H,1-5,10H2,(H,16,17);4-6,11H,1-3,9H2,(H,12,15)(H,16,17);5-6H,1-4,9H2,(H,11,17)(H,15,16)/t11-;7?,8-;9-;6?,7-;4?,5-,6?;5?,6-/m000000/s1. The number of Topliss-reactive ketones (excluding diaryl/α,β-unsaturated/α-hetero) is 1. The van der Waals surface area contributed by atoms with Crippen molar-refractivity contribution in [1.82, 2.24) is 30.7 Å². The molecule has 44 nitrogen and oxygen atoms in total. The quantitative estimate of drug-likeness (QED) is 0.0200. The van der Waals surface area contributed by atoms with Gasteiger partial charge >= 0.3 is 41.8 Å². The molecule has 4 saturated heterocycles. The van der Waals surface area contributed by atoms with E-state index in [-0.39, 0.29) is 87.0 Å². The summed E-state index contributed by atoms with van der Waals surface area (Å²) in [6.45, 7) is 5.93. The van der Waals surface area contributed by atoms with E-state index < -0.39 is 84.1 Å². The van der Waals surface area contributed by atoms with Crippen LogP contribution in [0.3, 0.4) is 0 Å². The van der Waals surface area contributed by atoms with Crippen LogP contribution in [0, 0.1) is 5.92 Å². The maximum atomic E-state index is 11.8. The molecule has 1 aromatic carbocycles. The Labute approximate surface area is 579 Å². The highest BCUT2D eigenvalue weighted by Crippen LogP contribution is 2.19. The highest BCUT2D eigenvalue weighted by Gasteiger charge is 2.31. The number of nitrogens with zero attached hydrogens (tertiary/aromatic N) is 18. The van der Waals surface area contributed by atoms with Gasteiger partial charge in [0, 0.05) is 116 Å². The molecule has 0 spiro atoms. The number of likely N-dealkylation sites (tertiary alicyclic amines) is 3. The molecule has 44 heteroatoms. The Hall–Kier alpha value is -10.3. The Morgan fingerprint density at radius 3 is 1.46 bits per heavy atom. The maximum absolute atomic E-state index is 11.8. The van der Waals surface area contributed by atoms with Crippen molar-refractivity contribution < 1.29 is 83.4 Å². The molecule has 21 N–H and O–H groups in total. The predicted octanol–water partition coefficient (Wildman–Crippen LogP) is 2.03. The topological polar surface area (TPSA) is 755 Å². The van der Waals surface area contributed by atoms with E-state index in [9.17, 15) is 52.7 Å². The van der Waals surface area contributed by atoms with Crippen LogP contribution in [0.15, 0.2) is 49.8 Å². The van der Waals surface area contributed by atoms with Crippen LogP contribution < -0.4 is 50.4 Å². The summed E-state index contributed by atoms with van der Waals surface area (Å²) in [6.07, 6.45) is 9.66. The van der Waals surface area contributed by atoms with Crippen LogP contribution in [0.1, 0.15) is 121 Å². The number of amides is 5. The third kappa shape index (κ3) is 41.6. The largest absolute Gasteiger partial charge is 0.480 e. The van der Waals surface area contributed by atoms with Gasteiger partial charge < -0.3 is 95.7 Å². The number of nitrogens with two attached hydrogens (primary N) is 6. The Kier molecular flexibility index (Phi) is 47.3. The summed E-state index contributed by atoms with van der Waals surface area (Å²) in [6, 6.07) is -0.206. The molecular weight excluding hydrogens is 1330 g/mol. The van der Waals surface area contributed by atoms with Crippen molar-refractivity contribution >= 4 is 65.4 Å². The lowest BCUT2D eigenvalue weighted by Gasteiger charge is -2.17. The number of carboxylic acid groups (broad SMARTS) is 6. The van der Waals surface area contributed by atoms with Gasteiger partial charge in [0.2, 0.25) is 17.7 Å². The molecule has 4 aliphatic rings. The fourth-order valence-corrected chi connectivity index (χ4v) is 9.33. The molecule has 4 heterocycles. The molecule has 4 fully saturated rings. The molecule has 4 aliphatic heterocycles. The number of unbranched alkanes of at least 4 members (excludes halogenated alkanes) is 3. The van der Waals surface area contributed by atoms with Crippen LogP contribution in [0.5, 0.6) is 0 Å². The second kappa shape index (κ2) is 52.7. The molecule has 0 aliphatic carbocycles. The van der Waals surface area contributed by atoms with Gasteiger partial charge in [-0.15, -0.1) is 0 Å². The number of rotatable bonds is 35. The summed E-state index contributed by atoms with van der Waals surface area (Å²) in [4.78, 5) is 139. The van der Waals surface area contributed by atoms with Crippen molar-refractivity contribution in [3.63, 3.8) is 0 Å². The van der Waals surface area contributed by atoms with Crippen molar-refractivity contribution in [3.05, 3.63) is 87.6 Å². The van der Waals surface area contributed by atoms with Crippen molar-refractivity contribution in [3.8, 4) is 0 Å². The maximum Gasteiger partial charge on any atom is 0.322 e. The minimum absolute atomic E-state index is 0.0878. The number of carbonyl (C=O) groups is 11. The summed E-state index contributed by atoms with van der Waals surface area (Å²) in [7, 11) is 0. The minimum atomic E-state index is -1.17. The average molecular weight is 1430 g/mol. The third-order valence-electron chi connectivity index (χ3n) is 15.4. The number of benzene rings is 1. The van der Waals surface area contributed by atoms with E-state index in [1.54, 1.807) is 34.1 Å². The van der Waals surface area contributed by atoms with Crippen molar-refractivity contribution in [1.29, 1.82) is 0 Å². The van der Waals surface area contributed by atoms with E-state index in [0.717, 1.165) is 49.7 Å². The zero-order chi connectivity index (χ0) is 76.4. The number of carbonyl (C=O) groups excluding carboxylic acids is 5. The molecule has 11 atom stereocenters. The van der Waals surface area contributed by atoms with Gasteiger partial charge in [0.25, 0.3) is 0 Å². The minimum Gasteiger partial charge on any atom is -0.480 e. The van der Waals surface area contributed by atoms with Gasteiger partial charge in [0.05, 0.1) is 30.7 Å². The molecular formula is C57H95N27O17. The monoisotopic (exact) mass is 1430 g/mol. The van der Waals surface area contributed by atoms with Gasteiger partial charge in [0.15, 0.2) is 0 Å². The number of nitrogens with one attached hydrogen (secondary N) is 3. The fourth-order valence-electron chi connectivity index (χ4n) is 9.33. The molecule has 5 unspecified atom stereocenters. The smallest absolute Gasteiger partial charge is 0.322 e. The Balaban J connectivity index is 0.00000119. The summed E-state index contributed by atoms with van der Waals surface area (Å²) < 4.78 is 0. The lowest BCUT2D eigenvalue weighted by atomic mass is 10.0. The van der Waals surface area contributed by atoms with E-state index in [4.69, 9.17) is 92.7 Å². The zero-order valence-electron chi connectivity index (χ0n) is 56.1. The first kappa shape index (κ1) is 90.7. The molecule has 1 aromatic rings. The summed E-state index contributed by atoms with van der Waals surface area (Å²) in [5, 5.41) is 76.6. The molecule has 560 valence electrons.